The van der Waals surface area contributed by atoms with Crippen LogP contribution in [-0.2, 0) is 9.53 Å². The van der Waals surface area contributed by atoms with Crippen molar-refractivity contribution in [1.29, 1.82) is 0 Å². The van der Waals surface area contributed by atoms with Crippen molar-refractivity contribution in [1.82, 2.24) is 4.90 Å². The van der Waals surface area contributed by atoms with Gasteiger partial charge in [0.05, 0.1) is 33.0 Å². The largest absolute Gasteiger partial charge is 0.493 e. The smallest absolute Gasteiger partial charge is 0.246 e. The zero-order valence-electron chi connectivity index (χ0n) is 14.4. The van der Waals surface area contributed by atoms with E-state index in [0.717, 1.165) is 18.4 Å². The van der Waals surface area contributed by atoms with Gasteiger partial charge < -0.3 is 19.1 Å². The normalized spacial score (nSPS) is 23.8. The molecule has 0 radical (unpaired) electrons. The molecule has 1 aromatic carbocycles. The predicted octanol–water partition coefficient (Wildman–Crippen LogP) is 2.89. The van der Waals surface area contributed by atoms with Crippen molar-refractivity contribution in [3.63, 3.8) is 0 Å². The molecule has 1 heterocycles. The Kier molecular flexibility index (Phi) is 5.41. The molecule has 0 N–H and O–H groups in total. The standard InChI is InChI=1S/C19H25NO4/c1-22-17-9-5-6-14(19(17)23-2)10-11-18(21)20-12-13-24-16-8-4-3-7-15(16)20/h5-6,9-11,15-16H,3-4,7-8,12-13H2,1-2H3. The number of carbonyl (C=O) groups excluding carboxylic acids is 1. The molecule has 130 valence electrons. The number of amides is 1. The van der Waals surface area contributed by atoms with E-state index in [4.69, 9.17) is 14.2 Å². The predicted molar refractivity (Wildman–Crippen MR) is 92.3 cm³/mol. The molecule has 0 spiro atoms. The van der Waals surface area contributed by atoms with Gasteiger partial charge in [-0.3, -0.25) is 4.79 Å². The van der Waals surface area contributed by atoms with E-state index < -0.39 is 0 Å². The number of benzene rings is 1. The summed E-state index contributed by atoms with van der Waals surface area (Å²) in [6, 6.07) is 5.86. The first-order chi connectivity index (χ1) is 11.7. The third-order valence-electron chi connectivity index (χ3n) is 4.85. The van der Waals surface area contributed by atoms with Crippen LogP contribution >= 0.6 is 0 Å². The Labute approximate surface area is 143 Å². The second-order valence-electron chi connectivity index (χ2n) is 6.21. The van der Waals surface area contributed by atoms with Crippen molar-refractivity contribution >= 4 is 12.0 Å². The minimum atomic E-state index is 0.0417. The number of carbonyl (C=O) groups is 1. The summed E-state index contributed by atoms with van der Waals surface area (Å²) in [5.41, 5.74) is 0.832. The Bertz CT molecular complexity index is 611. The van der Waals surface area contributed by atoms with Gasteiger partial charge in [-0.2, -0.15) is 0 Å². The number of rotatable bonds is 4. The first-order valence-corrected chi connectivity index (χ1v) is 8.56. The van der Waals surface area contributed by atoms with E-state index in [2.05, 4.69) is 0 Å². The molecule has 1 saturated heterocycles. The first kappa shape index (κ1) is 16.8. The van der Waals surface area contributed by atoms with Gasteiger partial charge >= 0.3 is 0 Å². The molecule has 5 heteroatoms. The molecule has 2 atom stereocenters. The lowest BCUT2D eigenvalue weighted by atomic mass is 9.90. The Balaban J connectivity index is 1.75. The van der Waals surface area contributed by atoms with Crippen molar-refractivity contribution in [2.45, 2.75) is 37.8 Å². The maximum Gasteiger partial charge on any atom is 0.246 e. The Hall–Kier alpha value is -2.01. The monoisotopic (exact) mass is 331 g/mol. The van der Waals surface area contributed by atoms with Crippen LogP contribution in [0.1, 0.15) is 31.2 Å². The van der Waals surface area contributed by atoms with Crippen LogP contribution in [0.5, 0.6) is 11.5 Å². The van der Waals surface area contributed by atoms with Crippen LogP contribution in [0.3, 0.4) is 0 Å². The van der Waals surface area contributed by atoms with Gasteiger partial charge in [0.25, 0.3) is 0 Å². The molecule has 0 bridgehead atoms. The molecule has 1 aromatic rings. The van der Waals surface area contributed by atoms with Gasteiger partial charge in [-0.05, 0) is 25.0 Å². The maximum absolute atomic E-state index is 12.7. The highest BCUT2D eigenvalue weighted by molar-refractivity contribution is 5.92. The van der Waals surface area contributed by atoms with E-state index in [-0.39, 0.29) is 18.1 Å². The minimum Gasteiger partial charge on any atom is -0.493 e. The number of methoxy groups -OCH3 is 2. The lowest BCUT2D eigenvalue weighted by Crippen LogP contribution is -2.54. The van der Waals surface area contributed by atoms with Crippen LogP contribution < -0.4 is 9.47 Å². The van der Waals surface area contributed by atoms with E-state index in [1.807, 2.05) is 23.1 Å². The number of hydrogen-bond donors (Lipinski definition) is 0. The van der Waals surface area contributed by atoms with Crippen LogP contribution in [-0.4, -0.2) is 50.3 Å². The van der Waals surface area contributed by atoms with Crippen LogP contribution in [0.4, 0.5) is 0 Å². The molecule has 2 fully saturated rings. The number of hydrogen-bond acceptors (Lipinski definition) is 4. The molecule has 1 aliphatic carbocycles. The fourth-order valence-corrected chi connectivity index (χ4v) is 3.67. The highest BCUT2D eigenvalue weighted by Gasteiger charge is 2.35. The topological polar surface area (TPSA) is 48.0 Å². The summed E-state index contributed by atoms with van der Waals surface area (Å²) in [7, 11) is 3.21. The van der Waals surface area contributed by atoms with Crippen molar-refractivity contribution < 1.29 is 19.0 Å². The molecular formula is C19H25NO4. The van der Waals surface area contributed by atoms with Gasteiger partial charge in [0.2, 0.25) is 5.91 Å². The summed E-state index contributed by atoms with van der Waals surface area (Å²) in [4.78, 5) is 14.7. The minimum absolute atomic E-state index is 0.0417. The Morgan fingerprint density at radius 2 is 2.08 bits per heavy atom. The van der Waals surface area contributed by atoms with Crippen molar-refractivity contribution in [3.05, 3.63) is 29.8 Å². The van der Waals surface area contributed by atoms with Crippen molar-refractivity contribution in [2.75, 3.05) is 27.4 Å². The van der Waals surface area contributed by atoms with E-state index >= 15 is 0 Å². The third kappa shape index (κ3) is 3.41. The van der Waals surface area contributed by atoms with E-state index in [0.29, 0.717) is 24.7 Å². The highest BCUT2D eigenvalue weighted by Crippen LogP contribution is 2.32. The maximum atomic E-state index is 12.7. The summed E-state index contributed by atoms with van der Waals surface area (Å²) in [6.45, 7) is 1.29. The molecule has 1 aliphatic heterocycles. The van der Waals surface area contributed by atoms with Crippen LogP contribution in [0.25, 0.3) is 6.08 Å². The van der Waals surface area contributed by atoms with Gasteiger partial charge in [0.15, 0.2) is 11.5 Å². The van der Waals surface area contributed by atoms with Gasteiger partial charge in [-0.1, -0.05) is 25.0 Å². The zero-order chi connectivity index (χ0) is 16.9. The summed E-state index contributed by atoms with van der Waals surface area (Å²) in [5, 5.41) is 0. The molecule has 3 rings (SSSR count). The molecule has 2 aliphatic rings. The summed E-state index contributed by atoms with van der Waals surface area (Å²) in [5.74, 6) is 1.34. The van der Waals surface area contributed by atoms with Gasteiger partial charge in [-0.15, -0.1) is 0 Å². The number of nitrogens with zero attached hydrogens (tertiary/aromatic N) is 1. The molecule has 1 amide bonds. The quantitative estimate of drug-likeness (QED) is 0.796. The zero-order valence-corrected chi connectivity index (χ0v) is 14.4. The fraction of sp³-hybridized carbons (Fsp3) is 0.526. The Morgan fingerprint density at radius 3 is 2.88 bits per heavy atom. The molecule has 2 unspecified atom stereocenters. The average Bonchev–Trinajstić information content (AvgIpc) is 2.65. The van der Waals surface area contributed by atoms with Gasteiger partial charge in [-0.25, -0.2) is 0 Å². The molecule has 5 nitrogen and oxygen atoms in total. The van der Waals surface area contributed by atoms with Crippen molar-refractivity contribution in [3.8, 4) is 11.5 Å². The van der Waals surface area contributed by atoms with Gasteiger partial charge in [0.1, 0.15) is 0 Å². The van der Waals surface area contributed by atoms with E-state index in [9.17, 15) is 4.79 Å². The second kappa shape index (κ2) is 7.71. The molecular weight excluding hydrogens is 306 g/mol. The highest BCUT2D eigenvalue weighted by atomic mass is 16.5. The third-order valence-corrected chi connectivity index (χ3v) is 4.85. The molecule has 1 saturated carbocycles. The fourth-order valence-electron chi connectivity index (χ4n) is 3.67. The summed E-state index contributed by atoms with van der Waals surface area (Å²) >= 11 is 0. The number of fused-ring (bicyclic) bond motifs is 1. The lowest BCUT2D eigenvalue weighted by Gasteiger charge is -2.43. The SMILES string of the molecule is COc1cccc(C=CC(=O)N2CCOC3CCCCC32)c1OC. The van der Waals surface area contributed by atoms with E-state index in [1.165, 1.54) is 12.8 Å². The summed E-state index contributed by atoms with van der Waals surface area (Å²) in [6.07, 6.45) is 8.10. The van der Waals surface area contributed by atoms with Crippen LogP contribution in [0, 0.1) is 0 Å². The number of ether oxygens (including phenoxy) is 3. The van der Waals surface area contributed by atoms with Crippen LogP contribution in [0.15, 0.2) is 24.3 Å². The van der Waals surface area contributed by atoms with E-state index in [1.54, 1.807) is 26.4 Å². The number of para-hydroxylation sites is 1. The van der Waals surface area contributed by atoms with Crippen molar-refractivity contribution in [2.24, 2.45) is 0 Å². The average molecular weight is 331 g/mol. The lowest BCUT2D eigenvalue weighted by molar-refractivity contribution is -0.144. The number of morpholine rings is 1. The second-order valence-corrected chi connectivity index (χ2v) is 6.21. The molecule has 24 heavy (non-hydrogen) atoms. The van der Waals surface area contributed by atoms with Gasteiger partial charge in [0, 0.05) is 18.2 Å². The van der Waals surface area contributed by atoms with Crippen LogP contribution in [0.2, 0.25) is 0 Å². The molecule has 0 aromatic heterocycles. The Morgan fingerprint density at radius 1 is 1.25 bits per heavy atom. The first-order valence-electron chi connectivity index (χ1n) is 8.56. The summed E-state index contributed by atoms with van der Waals surface area (Å²) < 4.78 is 16.5.